The van der Waals surface area contributed by atoms with Crippen molar-refractivity contribution < 1.29 is 14.6 Å². The number of rotatable bonds is 4. The minimum absolute atomic E-state index is 0.0190. The summed E-state index contributed by atoms with van der Waals surface area (Å²) in [5, 5.41) is 12.6. The second kappa shape index (κ2) is 6.71. The molecule has 2 aromatic rings. The number of aromatic nitrogens is 1. The first-order chi connectivity index (χ1) is 13.9. The van der Waals surface area contributed by atoms with Crippen LogP contribution in [0.25, 0.3) is 10.9 Å². The Kier molecular flexibility index (Phi) is 4.37. The van der Waals surface area contributed by atoms with E-state index >= 15 is 0 Å². The lowest BCUT2D eigenvalue weighted by molar-refractivity contribution is -0.199. The van der Waals surface area contributed by atoms with Crippen LogP contribution in [0.15, 0.2) is 30.5 Å². The number of carbonyl (C=O) groups excluding carboxylic acids is 1. The Morgan fingerprint density at radius 1 is 1.24 bits per heavy atom. The van der Waals surface area contributed by atoms with Crippen LogP contribution in [0.1, 0.15) is 25.8 Å². The van der Waals surface area contributed by atoms with E-state index in [1.807, 2.05) is 6.07 Å². The SMILES string of the molecule is CC(C)CN1C(=S)N(Cc2cn(C)c3ccccc23)C2C3OC(=O)C(CC3O)C21. The third-order valence-electron chi connectivity index (χ3n) is 6.62. The van der Waals surface area contributed by atoms with Gasteiger partial charge >= 0.3 is 5.97 Å². The summed E-state index contributed by atoms with van der Waals surface area (Å²) in [5.41, 5.74) is 2.37. The van der Waals surface area contributed by atoms with Gasteiger partial charge in [-0.15, -0.1) is 0 Å². The van der Waals surface area contributed by atoms with E-state index in [0.29, 0.717) is 18.9 Å². The van der Waals surface area contributed by atoms with E-state index in [2.05, 4.69) is 59.7 Å². The number of esters is 1. The van der Waals surface area contributed by atoms with Gasteiger partial charge < -0.3 is 24.2 Å². The van der Waals surface area contributed by atoms with Crippen LogP contribution in [0.2, 0.25) is 0 Å². The second-order valence-electron chi connectivity index (χ2n) is 9.03. The number of benzene rings is 1. The van der Waals surface area contributed by atoms with Gasteiger partial charge in [0.25, 0.3) is 0 Å². The van der Waals surface area contributed by atoms with Gasteiger partial charge in [-0.1, -0.05) is 32.0 Å². The standard InChI is InChI=1S/C22H27N3O3S/c1-12(2)9-24-18-15-8-17(26)20(28-21(15)27)19(18)25(22(24)29)11-13-10-23(3)16-7-5-4-6-14(13)16/h4-7,10,12,15,17-20,26H,8-9,11H2,1-3H3. The van der Waals surface area contributed by atoms with E-state index in [1.54, 1.807) is 0 Å². The number of aliphatic hydroxyl groups excluding tert-OH is 1. The minimum atomic E-state index is -0.629. The topological polar surface area (TPSA) is 57.9 Å². The lowest BCUT2D eigenvalue weighted by Crippen LogP contribution is -2.66. The molecule has 0 spiro atoms. The largest absolute Gasteiger partial charge is 0.457 e. The highest BCUT2D eigenvalue weighted by molar-refractivity contribution is 7.80. The number of thiocarbonyl (C=S) groups is 1. The van der Waals surface area contributed by atoms with Gasteiger partial charge in [-0.3, -0.25) is 4.79 Å². The molecule has 29 heavy (non-hydrogen) atoms. The number of hydrogen-bond acceptors (Lipinski definition) is 4. The van der Waals surface area contributed by atoms with Crippen LogP contribution in [0.5, 0.6) is 0 Å². The van der Waals surface area contributed by atoms with Crippen molar-refractivity contribution in [2.75, 3.05) is 6.54 Å². The number of carbonyl (C=O) groups is 1. The molecule has 6 nitrogen and oxygen atoms in total. The molecular formula is C22H27N3O3S. The van der Waals surface area contributed by atoms with Crippen molar-refractivity contribution in [2.24, 2.45) is 18.9 Å². The van der Waals surface area contributed by atoms with E-state index < -0.39 is 12.2 Å². The maximum absolute atomic E-state index is 12.5. The maximum Gasteiger partial charge on any atom is 0.311 e. The molecule has 4 aliphatic rings. The van der Waals surface area contributed by atoms with Crippen molar-refractivity contribution in [2.45, 2.75) is 51.1 Å². The maximum atomic E-state index is 12.5. The molecule has 154 valence electrons. The van der Waals surface area contributed by atoms with E-state index in [4.69, 9.17) is 17.0 Å². The van der Waals surface area contributed by atoms with Crippen molar-refractivity contribution in [3.8, 4) is 0 Å². The van der Waals surface area contributed by atoms with Crippen molar-refractivity contribution in [3.05, 3.63) is 36.0 Å². The first-order valence-electron chi connectivity index (χ1n) is 10.4. The van der Waals surface area contributed by atoms with Crippen LogP contribution in [-0.2, 0) is 23.1 Å². The number of aryl methyl sites for hydroxylation is 1. The molecule has 1 aromatic carbocycles. The molecule has 1 aliphatic carbocycles. The van der Waals surface area contributed by atoms with Crippen molar-refractivity contribution in [1.29, 1.82) is 0 Å². The zero-order valence-corrected chi connectivity index (χ0v) is 17.8. The fourth-order valence-electron chi connectivity index (χ4n) is 5.48. The monoisotopic (exact) mass is 413 g/mol. The van der Waals surface area contributed by atoms with Crippen molar-refractivity contribution in [3.63, 3.8) is 0 Å². The molecule has 1 N–H and O–H groups in total. The quantitative estimate of drug-likeness (QED) is 0.613. The first-order valence-corrected chi connectivity index (χ1v) is 10.8. The third kappa shape index (κ3) is 2.78. The van der Waals surface area contributed by atoms with Crippen LogP contribution in [-0.4, -0.2) is 61.4 Å². The summed E-state index contributed by atoms with van der Waals surface area (Å²) >= 11 is 5.93. The Morgan fingerprint density at radius 2 is 2.00 bits per heavy atom. The summed E-state index contributed by atoms with van der Waals surface area (Å²) in [7, 11) is 2.05. The molecular weight excluding hydrogens is 386 g/mol. The summed E-state index contributed by atoms with van der Waals surface area (Å²) in [6.07, 6.45) is 1.46. The van der Waals surface area contributed by atoms with Gasteiger partial charge in [-0.25, -0.2) is 0 Å². The van der Waals surface area contributed by atoms with Crippen LogP contribution in [0, 0.1) is 11.8 Å². The molecule has 0 amide bonds. The number of para-hydroxylation sites is 1. The highest BCUT2D eigenvalue weighted by Crippen LogP contribution is 2.45. The molecule has 5 atom stereocenters. The summed E-state index contributed by atoms with van der Waals surface area (Å²) in [5.74, 6) is -0.0909. The highest BCUT2D eigenvalue weighted by Gasteiger charge is 2.62. The normalized spacial score (nSPS) is 31.1. The predicted molar refractivity (Wildman–Crippen MR) is 114 cm³/mol. The number of aliphatic hydroxyl groups is 1. The number of hydrogen-bond donors (Lipinski definition) is 1. The number of nitrogens with zero attached hydrogens (tertiary/aromatic N) is 3. The molecule has 4 heterocycles. The molecule has 6 rings (SSSR count). The van der Waals surface area contributed by atoms with E-state index in [1.165, 1.54) is 16.5 Å². The molecule has 4 fully saturated rings. The van der Waals surface area contributed by atoms with Gasteiger partial charge in [-0.05, 0) is 36.2 Å². The summed E-state index contributed by atoms with van der Waals surface area (Å²) < 4.78 is 7.79. The Labute approximate surface area is 176 Å². The van der Waals surface area contributed by atoms with Gasteiger partial charge in [0.05, 0.1) is 24.1 Å². The molecule has 1 saturated carbocycles. The molecule has 7 heteroatoms. The van der Waals surface area contributed by atoms with E-state index in [-0.39, 0.29) is 24.0 Å². The summed E-state index contributed by atoms with van der Waals surface area (Å²) in [4.78, 5) is 16.9. The zero-order valence-electron chi connectivity index (χ0n) is 17.0. The van der Waals surface area contributed by atoms with E-state index in [0.717, 1.165) is 11.7 Å². The fourth-order valence-corrected chi connectivity index (χ4v) is 5.87. The Bertz CT molecular complexity index is 987. The van der Waals surface area contributed by atoms with Gasteiger partial charge in [0.2, 0.25) is 0 Å². The Hall–Kier alpha value is -2.12. The first kappa shape index (κ1) is 18.9. The number of fused-ring (bicyclic) bond motifs is 3. The zero-order chi connectivity index (χ0) is 20.4. The Balaban J connectivity index is 1.55. The third-order valence-corrected chi connectivity index (χ3v) is 7.09. The van der Waals surface area contributed by atoms with Crippen molar-refractivity contribution >= 4 is 34.2 Å². The lowest BCUT2D eigenvalue weighted by Gasteiger charge is -2.49. The van der Waals surface area contributed by atoms with Gasteiger partial charge in [0.1, 0.15) is 6.10 Å². The molecule has 1 aromatic heterocycles. The van der Waals surface area contributed by atoms with Gasteiger partial charge in [0, 0.05) is 37.2 Å². The lowest BCUT2D eigenvalue weighted by atomic mass is 9.74. The van der Waals surface area contributed by atoms with Crippen LogP contribution < -0.4 is 0 Å². The van der Waals surface area contributed by atoms with Crippen LogP contribution in [0.4, 0.5) is 0 Å². The molecule has 5 unspecified atom stereocenters. The molecule has 3 saturated heterocycles. The smallest absolute Gasteiger partial charge is 0.311 e. The average Bonchev–Trinajstić information content (AvgIpc) is 3.14. The molecule has 0 radical (unpaired) electrons. The summed E-state index contributed by atoms with van der Waals surface area (Å²) in [6, 6.07) is 8.22. The Morgan fingerprint density at radius 3 is 2.76 bits per heavy atom. The number of ether oxygens (including phenoxy) is 1. The van der Waals surface area contributed by atoms with Crippen LogP contribution in [0.3, 0.4) is 0 Å². The highest BCUT2D eigenvalue weighted by atomic mass is 32.1. The van der Waals surface area contributed by atoms with Gasteiger partial charge in [0.15, 0.2) is 5.11 Å². The van der Waals surface area contributed by atoms with Gasteiger partial charge in [-0.2, -0.15) is 0 Å². The minimum Gasteiger partial charge on any atom is -0.457 e. The predicted octanol–water partition coefficient (Wildman–Crippen LogP) is 2.28. The molecule has 3 aliphatic heterocycles. The summed E-state index contributed by atoms with van der Waals surface area (Å²) in [6.45, 7) is 5.78. The molecule has 2 bridgehead atoms. The van der Waals surface area contributed by atoms with E-state index in [9.17, 15) is 9.90 Å². The second-order valence-corrected chi connectivity index (χ2v) is 9.40. The van der Waals surface area contributed by atoms with Crippen molar-refractivity contribution in [1.82, 2.24) is 14.4 Å². The fraction of sp³-hybridized carbons (Fsp3) is 0.545. The average molecular weight is 414 g/mol. The van der Waals surface area contributed by atoms with Crippen LogP contribution >= 0.6 is 12.2 Å².